The van der Waals surface area contributed by atoms with Gasteiger partial charge in [-0.15, -0.1) is 0 Å². The van der Waals surface area contributed by atoms with Crippen LogP contribution in [0, 0.1) is 0 Å². The first kappa shape index (κ1) is 9.19. The zero-order valence-electron chi connectivity index (χ0n) is 8.22. The highest BCUT2D eigenvalue weighted by atomic mass is 16.2. The van der Waals surface area contributed by atoms with Gasteiger partial charge in [-0.3, -0.25) is 0 Å². The van der Waals surface area contributed by atoms with Gasteiger partial charge in [0.25, 0.3) is 0 Å². The number of amides is 1. The molecule has 0 unspecified atom stereocenters. The van der Waals surface area contributed by atoms with Crippen LogP contribution in [-0.2, 0) is 0 Å². The summed E-state index contributed by atoms with van der Waals surface area (Å²) in [5.74, 6) is 0. The Kier molecular flexibility index (Phi) is 2.77. The van der Waals surface area contributed by atoms with Crippen molar-refractivity contribution in [1.82, 2.24) is 4.90 Å². The van der Waals surface area contributed by atoms with Crippen LogP contribution in [0.5, 0.6) is 0 Å². The predicted molar refractivity (Wildman–Crippen MR) is 52.9 cm³/mol. The molecule has 1 saturated heterocycles. The van der Waals surface area contributed by atoms with Crippen molar-refractivity contribution in [2.75, 3.05) is 13.1 Å². The predicted octanol–water partition coefficient (Wildman–Crippen LogP) is 1.43. The SMILES string of the molecule is O=C(N1CCCCC1)[n+]1ccccc1. The monoisotopic (exact) mass is 191 g/mol. The van der Waals surface area contributed by atoms with Gasteiger partial charge in [0.15, 0.2) is 0 Å². The fraction of sp³-hybridized carbons (Fsp3) is 0.455. The average Bonchev–Trinajstić information content (AvgIpc) is 2.30. The number of carbonyl (C=O) groups excluding carboxylic acids is 1. The lowest BCUT2D eigenvalue weighted by atomic mass is 10.1. The summed E-state index contributed by atoms with van der Waals surface area (Å²) in [7, 11) is 0. The van der Waals surface area contributed by atoms with E-state index >= 15 is 0 Å². The number of likely N-dealkylation sites (tertiary alicyclic amines) is 1. The number of pyridine rings is 1. The summed E-state index contributed by atoms with van der Waals surface area (Å²) >= 11 is 0. The summed E-state index contributed by atoms with van der Waals surface area (Å²) in [6, 6.07) is 5.77. The molecule has 3 heteroatoms. The molecular weight excluding hydrogens is 176 g/mol. The fourth-order valence-corrected chi connectivity index (χ4v) is 1.77. The molecule has 1 amide bonds. The van der Waals surface area contributed by atoms with Gasteiger partial charge in [-0.2, -0.15) is 9.36 Å². The van der Waals surface area contributed by atoms with Crippen LogP contribution >= 0.6 is 0 Å². The Balaban J connectivity index is 2.07. The van der Waals surface area contributed by atoms with E-state index in [1.165, 1.54) is 6.42 Å². The van der Waals surface area contributed by atoms with Gasteiger partial charge in [0.05, 0.1) is 25.5 Å². The quantitative estimate of drug-likeness (QED) is 0.569. The number of hydrogen-bond acceptors (Lipinski definition) is 1. The van der Waals surface area contributed by atoms with E-state index in [-0.39, 0.29) is 6.03 Å². The normalized spacial score (nSPS) is 16.7. The molecule has 1 aromatic heterocycles. The van der Waals surface area contributed by atoms with Crippen molar-refractivity contribution >= 4 is 6.03 Å². The third-order valence-corrected chi connectivity index (χ3v) is 2.56. The van der Waals surface area contributed by atoms with Crippen molar-refractivity contribution in [3.05, 3.63) is 30.6 Å². The van der Waals surface area contributed by atoms with Crippen molar-refractivity contribution in [1.29, 1.82) is 0 Å². The van der Waals surface area contributed by atoms with E-state index in [4.69, 9.17) is 0 Å². The van der Waals surface area contributed by atoms with Crippen molar-refractivity contribution in [2.45, 2.75) is 19.3 Å². The second-order valence-corrected chi connectivity index (χ2v) is 3.61. The molecule has 1 aromatic rings. The first-order valence-electron chi connectivity index (χ1n) is 5.13. The number of aromatic nitrogens is 1. The molecule has 14 heavy (non-hydrogen) atoms. The topological polar surface area (TPSA) is 24.2 Å². The lowest BCUT2D eigenvalue weighted by molar-refractivity contribution is -0.578. The van der Waals surface area contributed by atoms with Crippen molar-refractivity contribution < 1.29 is 9.36 Å². The van der Waals surface area contributed by atoms with Crippen LogP contribution in [0.2, 0.25) is 0 Å². The Morgan fingerprint density at radius 1 is 1.00 bits per heavy atom. The molecule has 0 aliphatic carbocycles. The van der Waals surface area contributed by atoms with Crippen LogP contribution < -0.4 is 4.57 Å². The fourth-order valence-electron chi connectivity index (χ4n) is 1.77. The lowest BCUT2D eigenvalue weighted by Gasteiger charge is -2.19. The second kappa shape index (κ2) is 4.22. The highest BCUT2D eigenvalue weighted by molar-refractivity contribution is 5.64. The molecule has 0 atom stereocenters. The maximum Gasteiger partial charge on any atom is 0.497 e. The zero-order chi connectivity index (χ0) is 9.80. The first-order chi connectivity index (χ1) is 6.88. The van der Waals surface area contributed by atoms with Crippen molar-refractivity contribution in [2.24, 2.45) is 0 Å². The smallest absolute Gasteiger partial charge is 0.225 e. The molecule has 0 N–H and O–H groups in total. The summed E-state index contributed by atoms with van der Waals surface area (Å²) in [5.41, 5.74) is 0. The first-order valence-corrected chi connectivity index (χ1v) is 5.13. The van der Waals surface area contributed by atoms with Gasteiger partial charge >= 0.3 is 6.03 Å². The van der Waals surface area contributed by atoms with Crippen LogP contribution in [0.15, 0.2) is 30.6 Å². The van der Waals surface area contributed by atoms with E-state index in [9.17, 15) is 4.79 Å². The average molecular weight is 191 g/mol. The number of nitrogens with zero attached hydrogens (tertiary/aromatic N) is 2. The van der Waals surface area contributed by atoms with Crippen LogP contribution in [0.25, 0.3) is 0 Å². The van der Waals surface area contributed by atoms with Crippen molar-refractivity contribution in [3.8, 4) is 0 Å². The van der Waals surface area contributed by atoms with E-state index in [2.05, 4.69) is 0 Å². The Morgan fingerprint density at radius 2 is 1.64 bits per heavy atom. The van der Waals surface area contributed by atoms with E-state index < -0.39 is 0 Å². The Hall–Kier alpha value is -1.38. The summed E-state index contributed by atoms with van der Waals surface area (Å²) in [6.07, 6.45) is 7.13. The van der Waals surface area contributed by atoms with Crippen LogP contribution in [0.3, 0.4) is 0 Å². The van der Waals surface area contributed by atoms with Crippen molar-refractivity contribution in [3.63, 3.8) is 0 Å². The van der Waals surface area contributed by atoms with Gasteiger partial charge in [0.2, 0.25) is 0 Å². The number of piperidine rings is 1. The Labute approximate surface area is 84.0 Å². The Morgan fingerprint density at radius 3 is 2.29 bits per heavy atom. The third kappa shape index (κ3) is 1.92. The molecule has 3 nitrogen and oxygen atoms in total. The largest absolute Gasteiger partial charge is 0.497 e. The number of rotatable bonds is 0. The molecule has 0 bridgehead atoms. The maximum atomic E-state index is 11.9. The third-order valence-electron chi connectivity index (χ3n) is 2.56. The minimum Gasteiger partial charge on any atom is -0.225 e. The minimum absolute atomic E-state index is 0.102. The van der Waals surface area contributed by atoms with E-state index in [1.807, 2.05) is 23.1 Å². The lowest BCUT2D eigenvalue weighted by Crippen LogP contribution is -2.53. The summed E-state index contributed by atoms with van der Waals surface area (Å²) < 4.78 is 1.64. The van der Waals surface area contributed by atoms with Crippen LogP contribution in [0.1, 0.15) is 19.3 Å². The van der Waals surface area contributed by atoms with Crippen LogP contribution in [0.4, 0.5) is 4.79 Å². The number of hydrogen-bond donors (Lipinski definition) is 0. The van der Waals surface area contributed by atoms with Gasteiger partial charge in [-0.1, -0.05) is 6.07 Å². The van der Waals surface area contributed by atoms with Gasteiger partial charge in [0, 0.05) is 0 Å². The molecule has 74 valence electrons. The second-order valence-electron chi connectivity index (χ2n) is 3.61. The van der Waals surface area contributed by atoms with Gasteiger partial charge in [-0.25, -0.2) is 4.90 Å². The maximum absolute atomic E-state index is 11.9. The molecule has 0 radical (unpaired) electrons. The molecule has 1 fully saturated rings. The summed E-state index contributed by atoms with van der Waals surface area (Å²) in [5, 5.41) is 0. The molecular formula is C11H15N2O+. The van der Waals surface area contributed by atoms with E-state index in [0.29, 0.717) is 0 Å². The molecule has 0 spiro atoms. The highest BCUT2D eigenvalue weighted by Crippen LogP contribution is 2.07. The molecule has 1 aliphatic heterocycles. The molecule has 0 saturated carbocycles. The zero-order valence-corrected chi connectivity index (χ0v) is 8.22. The van der Waals surface area contributed by atoms with E-state index in [0.717, 1.165) is 25.9 Å². The number of carbonyl (C=O) groups is 1. The Bertz CT molecular complexity index is 304. The van der Waals surface area contributed by atoms with Gasteiger partial charge in [-0.05, 0) is 31.4 Å². The van der Waals surface area contributed by atoms with Gasteiger partial charge < -0.3 is 0 Å². The molecule has 2 heterocycles. The highest BCUT2D eigenvalue weighted by Gasteiger charge is 2.25. The molecule has 0 aromatic carbocycles. The molecule has 2 rings (SSSR count). The molecule has 1 aliphatic rings. The summed E-state index contributed by atoms with van der Waals surface area (Å²) in [4.78, 5) is 13.8. The standard InChI is InChI=1S/C11H15N2O/c14-11(12-7-3-1-4-8-12)13-9-5-2-6-10-13/h1,3-4,7-8H,2,5-6,9-10H2/q+1. The summed E-state index contributed by atoms with van der Waals surface area (Å²) in [6.45, 7) is 1.81. The van der Waals surface area contributed by atoms with E-state index in [1.54, 1.807) is 17.0 Å². The minimum atomic E-state index is 0.102. The van der Waals surface area contributed by atoms with Gasteiger partial charge in [0.1, 0.15) is 0 Å². The van der Waals surface area contributed by atoms with Crippen LogP contribution in [-0.4, -0.2) is 24.0 Å².